The summed E-state index contributed by atoms with van der Waals surface area (Å²) >= 11 is 0. The number of anilines is 1. The van der Waals surface area contributed by atoms with E-state index in [-0.39, 0.29) is 25.9 Å². The smallest absolute Gasteiger partial charge is 0.307 e. The standard InChI is InChI=1S/C20H29N3O3S/c1-2-23-11-9-16(10-12-23)27(25,26)22-20(24)21-19-17-7-3-5-14(17)13-15-6-4-8-18(15)19/h13,16H,2-12H2,1H3,(H2,21,22,24)/i1D3,2D2. The van der Waals surface area contributed by atoms with Crippen molar-refractivity contribution in [3.05, 3.63) is 28.3 Å². The van der Waals surface area contributed by atoms with Crippen LogP contribution in [0.5, 0.6) is 0 Å². The number of amides is 2. The fourth-order valence-corrected chi connectivity index (χ4v) is 5.90. The van der Waals surface area contributed by atoms with Gasteiger partial charge in [-0.15, -0.1) is 0 Å². The molecule has 1 aliphatic heterocycles. The van der Waals surface area contributed by atoms with Gasteiger partial charge in [0.05, 0.1) is 5.25 Å². The molecule has 6 nitrogen and oxygen atoms in total. The maximum atomic E-state index is 12.8. The lowest BCUT2D eigenvalue weighted by Crippen LogP contribution is -2.46. The molecule has 0 aromatic heterocycles. The third-order valence-corrected chi connectivity index (χ3v) is 7.80. The second-order valence-corrected chi connectivity index (χ2v) is 9.59. The number of rotatable bonds is 4. The lowest BCUT2D eigenvalue weighted by molar-refractivity contribution is 0.240. The van der Waals surface area contributed by atoms with Crippen molar-refractivity contribution < 1.29 is 20.1 Å². The highest BCUT2D eigenvalue weighted by atomic mass is 32.2. The van der Waals surface area contributed by atoms with E-state index in [1.807, 2.05) is 0 Å². The Balaban J connectivity index is 1.42. The van der Waals surface area contributed by atoms with Crippen LogP contribution >= 0.6 is 0 Å². The molecule has 0 bridgehead atoms. The minimum atomic E-state index is -3.99. The number of carbonyl (C=O) groups is 1. The Bertz CT molecular complexity index is 986. The summed E-state index contributed by atoms with van der Waals surface area (Å²) in [6, 6.07) is 1.45. The second-order valence-electron chi connectivity index (χ2n) is 7.63. The molecule has 148 valence electrons. The SMILES string of the molecule is [2H]C([2H])([2H])C([2H])([2H])N1CCC(S(=O)(=O)NC(=O)Nc2c3c(cc4c2CCC4)CCC3)CC1. The highest BCUT2D eigenvalue weighted by Crippen LogP contribution is 2.38. The van der Waals surface area contributed by atoms with Crippen LogP contribution in [0.2, 0.25) is 0 Å². The van der Waals surface area contributed by atoms with Gasteiger partial charge >= 0.3 is 6.03 Å². The lowest BCUT2D eigenvalue weighted by Gasteiger charge is -2.30. The number of benzene rings is 1. The molecule has 1 aromatic carbocycles. The zero-order chi connectivity index (χ0) is 23.3. The minimum absolute atomic E-state index is 0.0156. The van der Waals surface area contributed by atoms with Crippen molar-refractivity contribution in [3.8, 4) is 0 Å². The molecule has 0 saturated carbocycles. The molecule has 4 rings (SSSR count). The monoisotopic (exact) mass is 396 g/mol. The van der Waals surface area contributed by atoms with Crippen LogP contribution in [0.15, 0.2) is 6.07 Å². The Morgan fingerprint density at radius 1 is 1.19 bits per heavy atom. The van der Waals surface area contributed by atoms with Gasteiger partial charge < -0.3 is 10.2 Å². The van der Waals surface area contributed by atoms with Crippen molar-refractivity contribution in [1.29, 1.82) is 0 Å². The van der Waals surface area contributed by atoms with Crippen LogP contribution in [-0.2, 0) is 35.7 Å². The molecule has 1 heterocycles. The van der Waals surface area contributed by atoms with Crippen molar-refractivity contribution in [2.75, 3.05) is 24.9 Å². The van der Waals surface area contributed by atoms with Crippen molar-refractivity contribution in [2.24, 2.45) is 0 Å². The molecule has 1 saturated heterocycles. The molecule has 0 spiro atoms. The molecule has 0 atom stereocenters. The molecule has 2 amide bonds. The first-order valence-electron chi connectivity index (χ1n) is 12.1. The molecule has 2 aliphatic carbocycles. The van der Waals surface area contributed by atoms with Gasteiger partial charge in [0.2, 0.25) is 10.0 Å². The van der Waals surface area contributed by atoms with Gasteiger partial charge in [0.1, 0.15) is 0 Å². The Hall–Kier alpha value is -1.60. The van der Waals surface area contributed by atoms with Crippen LogP contribution in [0.4, 0.5) is 10.5 Å². The van der Waals surface area contributed by atoms with Crippen molar-refractivity contribution in [1.82, 2.24) is 9.62 Å². The number of likely N-dealkylation sites (tertiary alicyclic amines) is 1. The third kappa shape index (κ3) is 3.72. The van der Waals surface area contributed by atoms with Gasteiger partial charge in [-0.3, -0.25) is 0 Å². The van der Waals surface area contributed by atoms with Gasteiger partial charge in [0, 0.05) is 12.5 Å². The molecular weight excluding hydrogens is 362 g/mol. The quantitative estimate of drug-likeness (QED) is 0.820. The van der Waals surface area contributed by atoms with Crippen molar-refractivity contribution in [3.63, 3.8) is 0 Å². The molecule has 27 heavy (non-hydrogen) atoms. The number of urea groups is 1. The Morgan fingerprint density at radius 3 is 2.41 bits per heavy atom. The average Bonchev–Trinajstić information content (AvgIpc) is 3.36. The first kappa shape index (κ1) is 13.6. The summed E-state index contributed by atoms with van der Waals surface area (Å²) in [6.45, 7) is -5.38. The van der Waals surface area contributed by atoms with Gasteiger partial charge in [-0.25, -0.2) is 17.9 Å². The highest BCUT2D eigenvalue weighted by Gasteiger charge is 2.32. The molecule has 1 fully saturated rings. The molecule has 3 aliphatic rings. The summed E-state index contributed by atoms with van der Waals surface area (Å²) in [6.07, 6.45) is 5.83. The zero-order valence-corrected chi connectivity index (χ0v) is 16.1. The van der Waals surface area contributed by atoms with E-state index in [0.717, 1.165) is 60.2 Å². The largest absolute Gasteiger partial charge is 0.332 e. The third-order valence-electron chi connectivity index (χ3n) is 5.99. The van der Waals surface area contributed by atoms with Crippen LogP contribution in [0.3, 0.4) is 0 Å². The van der Waals surface area contributed by atoms with E-state index in [9.17, 15) is 13.2 Å². The lowest BCUT2D eigenvalue weighted by atomic mass is 9.99. The number of hydrogen-bond donors (Lipinski definition) is 2. The highest BCUT2D eigenvalue weighted by molar-refractivity contribution is 7.90. The van der Waals surface area contributed by atoms with E-state index in [1.165, 1.54) is 11.1 Å². The van der Waals surface area contributed by atoms with E-state index in [0.29, 0.717) is 0 Å². The number of nitrogens with one attached hydrogen (secondary N) is 2. The van der Waals surface area contributed by atoms with E-state index in [2.05, 4.69) is 16.1 Å². The number of fused-ring (bicyclic) bond motifs is 2. The number of hydrogen-bond acceptors (Lipinski definition) is 4. The summed E-state index contributed by atoms with van der Waals surface area (Å²) in [5.74, 6) is 0. The van der Waals surface area contributed by atoms with Crippen LogP contribution in [0.25, 0.3) is 0 Å². The summed E-state index contributed by atoms with van der Waals surface area (Å²) in [5, 5.41) is 1.93. The fourth-order valence-electron chi connectivity index (χ4n) is 4.60. The summed E-state index contributed by atoms with van der Waals surface area (Å²) in [7, 11) is -3.99. The van der Waals surface area contributed by atoms with Crippen LogP contribution in [0, 0.1) is 0 Å². The maximum absolute atomic E-state index is 12.8. The van der Waals surface area contributed by atoms with Crippen molar-refractivity contribution >= 4 is 21.7 Å². The number of piperidine rings is 1. The van der Waals surface area contributed by atoms with E-state index >= 15 is 0 Å². The molecule has 0 radical (unpaired) electrons. The van der Waals surface area contributed by atoms with E-state index < -0.39 is 34.7 Å². The zero-order valence-electron chi connectivity index (χ0n) is 20.3. The van der Waals surface area contributed by atoms with Crippen LogP contribution < -0.4 is 10.0 Å². The second kappa shape index (κ2) is 7.43. The first-order chi connectivity index (χ1) is 14.9. The van der Waals surface area contributed by atoms with Crippen molar-refractivity contribution in [2.45, 2.75) is 63.5 Å². The normalized spacial score (nSPS) is 24.1. The maximum Gasteiger partial charge on any atom is 0.332 e. The first-order valence-corrected chi connectivity index (χ1v) is 11.2. The molecule has 1 aromatic rings. The van der Waals surface area contributed by atoms with Gasteiger partial charge in [-0.2, -0.15) is 0 Å². The predicted molar refractivity (Wildman–Crippen MR) is 107 cm³/mol. The molecule has 2 N–H and O–H groups in total. The Kier molecular flexibility index (Phi) is 3.73. The number of carbonyl (C=O) groups excluding carboxylic acids is 1. The average molecular weight is 397 g/mol. The topological polar surface area (TPSA) is 78.5 Å². The molecule has 7 heteroatoms. The minimum Gasteiger partial charge on any atom is -0.307 e. The summed E-state index contributed by atoms with van der Waals surface area (Å²) < 4.78 is 65.6. The summed E-state index contributed by atoms with van der Waals surface area (Å²) in [5.41, 5.74) is 5.46. The number of sulfonamides is 1. The van der Waals surface area contributed by atoms with E-state index in [1.54, 1.807) is 0 Å². The number of nitrogens with zero attached hydrogens (tertiary/aromatic N) is 1. The van der Waals surface area contributed by atoms with Gasteiger partial charge in [0.15, 0.2) is 0 Å². The van der Waals surface area contributed by atoms with Gasteiger partial charge in [0.25, 0.3) is 0 Å². The molecular formula is C20H29N3O3S. The Labute approximate surface area is 168 Å². The Morgan fingerprint density at radius 2 is 1.81 bits per heavy atom. The van der Waals surface area contributed by atoms with E-state index in [4.69, 9.17) is 6.85 Å². The molecule has 0 unspecified atom stereocenters. The predicted octanol–water partition coefficient (Wildman–Crippen LogP) is 2.60. The van der Waals surface area contributed by atoms with Crippen LogP contribution in [-0.4, -0.2) is 44.2 Å². The fraction of sp³-hybridized carbons (Fsp3) is 0.650. The number of aryl methyl sites for hydroxylation is 2. The van der Waals surface area contributed by atoms with Crippen LogP contribution in [0.1, 0.15) is 61.6 Å². The van der Waals surface area contributed by atoms with Gasteiger partial charge in [-0.05, 0) is 93.2 Å². The van der Waals surface area contributed by atoms with Gasteiger partial charge in [-0.1, -0.05) is 12.9 Å². The summed E-state index contributed by atoms with van der Waals surface area (Å²) in [4.78, 5) is 13.8.